The van der Waals surface area contributed by atoms with Crippen molar-refractivity contribution in [3.8, 4) is 0 Å². The fourth-order valence-corrected chi connectivity index (χ4v) is 3.78. The highest BCUT2D eigenvalue weighted by Crippen LogP contribution is 2.32. The lowest BCUT2D eigenvalue weighted by Gasteiger charge is -2.40. The van der Waals surface area contributed by atoms with Crippen molar-refractivity contribution in [2.45, 2.75) is 44.1 Å². The number of benzene rings is 1. The van der Waals surface area contributed by atoms with Gasteiger partial charge in [0, 0.05) is 42.6 Å². The maximum atomic E-state index is 14.2. The van der Waals surface area contributed by atoms with Crippen molar-refractivity contribution < 1.29 is 18.4 Å². The molecule has 1 aliphatic heterocycles. The van der Waals surface area contributed by atoms with Crippen LogP contribution < -0.4 is 10.6 Å². The number of halogens is 3. The average Bonchev–Trinajstić information content (AvgIpc) is 3.45. The van der Waals surface area contributed by atoms with Gasteiger partial charge in [-0.2, -0.15) is 0 Å². The molecule has 1 aliphatic carbocycles. The fourth-order valence-electron chi connectivity index (χ4n) is 3.45. The van der Waals surface area contributed by atoms with Crippen LogP contribution in [0.3, 0.4) is 0 Å². The highest BCUT2D eigenvalue weighted by Gasteiger charge is 2.41. The Kier molecular flexibility index (Phi) is 6.18. The number of rotatable bonds is 4. The van der Waals surface area contributed by atoms with Crippen LogP contribution in [-0.4, -0.2) is 60.3 Å². The number of hydrogen-bond acceptors (Lipinski definition) is 2. The van der Waals surface area contributed by atoms with Gasteiger partial charge < -0.3 is 20.4 Å². The van der Waals surface area contributed by atoms with E-state index < -0.39 is 18.0 Å². The minimum atomic E-state index is -1.18. The first-order valence-corrected chi connectivity index (χ1v) is 9.79. The van der Waals surface area contributed by atoms with E-state index in [9.17, 15) is 18.4 Å². The molecule has 148 valence electrons. The SMILES string of the molecule is CNC(=O)N1C[C@@H](F)C[C@@H](N(C(=O)NCc2ccc(Br)cc2F)C2CC2)C1. The number of amides is 4. The lowest BCUT2D eigenvalue weighted by Crippen LogP contribution is -2.58. The summed E-state index contributed by atoms with van der Waals surface area (Å²) >= 11 is 3.20. The van der Waals surface area contributed by atoms with Crippen LogP contribution in [0.1, 0.15) is 24.8 Å². The quantitative estimate of drug-likeness (QED) is 0.749. The minimum Gasteiger partial charge on any atom is -0.341 e. The van der Waals surface area contributed by atoms with Crippen LogP contribution in [0.2, 0.25) is 0 Å². The van der Waals surface area contributed by atoms with E-state index in [0.29, 0.717) is 10.0 Å². The summed E-state index contributed by atoms with van der Waals surface area (Å²) in [6.07, 6.45) is 0.726. The second-order valence-corrected chi connectivity index (χ2v) is 7.90. The summed E-state index contributed by atoms with van der Waals surface area (Å²) in [4.78, 5) is 27.7. The molecule has 1 saturated heterocycles. The Hall–Kier alpha value is -1.90. The van der Waals surface area contributed by atoms with Gasteiger partial charge in [0.15, 0.2) is 0 Å². The molecule has 1 heterocycles. The van der Waals surface area contributed by atoms with Gasteiger partial charge in [-0.25, -0.2) is 18.4 Å². The van der Waals surface area contributed by atoms with Crippen LogP contribution in [0, 0.1) is 5.82 Å². The number of carbonyl (C=O) groups is 2. The molecule has 1 saturated carbocycles. The van der Waals surface area contributed by atoms with Gasteiger partial charge in [0.1, 0.15) is 12.0 Å². The third kappa shape index (κ3) is 4.88. The van der Waals surface area contributed by atoms with E-state index in [-0.39, 0.29) is 44.2 Å². The molecule has 9 heteroatoms. The predicted molar refractivity (Wildman–Crippen MR) is 101 cm³/mol. The van der Waals surface area contributed by atoms with E-state index >= 15 is 0 Å². The van der Waals surface area contributed by atoms with Gasteiger partial charge in [0.25, 0.3) is 0 Å². The second kappa shape index (κ2) is 8.41. The molecule has 3 rings (SSSR count). The van der Waals surface area contributed by atoms with Gasteiger partial charge in [-0.15, -0.1) is 0 Å². The zero-order chi connectivity index (χ0) is 19.6. The van der Waals surface area contributed by atoms with Crippen LogP contribution in [-0.2, 0) is 6.54 Å². The zero-order valence-corrected chi connectivity index (χ0v) is 16.6. The second-order valence-electron chi connectivity index (χ2n) is 6.98. The first kappa shape index (κ1) is 19.9. The summed E-state index contributed by atoms with van der Waals surface area (Å²) < 4.78 is 28.8. The Balaban J connectivity index is 1.67. The molecule has 2 aliphatic rings. The number of carbonyl (C=O) groups excluding carboxylic acids is 2. The van der Waals surface area contributed by atoms with E-state index in [1.165, 1.54) is 18.0 Å². The molecule has 4 amide bonds. The van der Waals surface area contributed by atoms with Gasteiger partial charge in [0.05, 0.1) is 12.6 Å². The normalized spacial score (nSPS) is 22.3. The summed E-state index contributed by atoms with van der Waals surface area (Å²) in [6.45, 7) is 0.364. The van der Waals surface area contributed by atoms with Crippen molar-refractivity contribution in [3.05, 3.63) is 34.1 Å². The van der Waals surface area contributed by atoms with Gasteiger partial charge in [-0.3, -0.25) is 0 Å². The van der Waals surface area contributed by atoms with E-state index in [2.05, 4.69) is 26.6 Å². The van der Waals surface area contributed by atoms with Crippen molar-refractivity contribution in [2.24, 2.45) is 0 Å². The zero-order valence-electron chi connectivity index (χ0n) is 15.1. The molecule has 0 aromatic heterocycles. The lowest BCUT2D eigenvalue weighted by molar-refractivity contribution is 0.0758. The van der Waals surface area contributed by atoms with Crippen LogP contribution in [0.15, 0.2) is 22.7 Å². The van der Waals surface area contributed by atoms with E-state index in [0.717, 1.165) is 12.8 Å². The van der Waals surface area contributed by atoms with Crippen LogP contribution >= 0.6 is 15.9 Å². The summed E-state index contributed by atoms with van der Waals surface area (Å²) in [5.41, 5.74) is 0.376. The molecule has 2 fully saturated rings. The Morgan fingerprint density at radius 1 is 1.30 bits per heavy atom. The molecule has 2 N–H and O–H groups in total. The molecule has 1 aromatic carbocycles. The third-order valence-electron chi connectivity index (χ3n) is 4.89. The number of nitrogens with one attached hydrogen (secondary N) is 2. The summed E-state index contributed by atoms with van der Waals surface area (Å²) in [5.74, 6) is -0.407. The highest BCUT2D eigenvalue weighted by atomic mass is 79.9. The van der Waals surface area contributed by atoms with Crippen molar-refractivity contribution in [3.63, 3.8) is 0 Å². The first-order valence-electron chi connectivity index (χ1n) is 9.00. The van der Waals surface area contributed by atoms with Crippen molar-refractivity contribution in [1.82, 2.24) is 20.4 Å². The number of likely N-dealkylation sites (tertiary alicyclic amines) is 1. The smallest absolute Gasteiger partial charge is 0.318 e. The van der Waals surface area contributed by atoms with Crippen LogP contribution in [0.4, 0.5) is 18.4 Å². The maximum Gasteiger partial charge on any atom is 0.318 e. The molecule has 0 unspecified atom stereocenters. The molecule has 2 atom stereocenters. The number of alkyl halides is 1. The number of piperidine rings is 1. The van der Waals surface area contributed by atoms with E-state index in [4.69, 9.17) is 0 Å². The van der Waals surface area contributed by atoms with Crippen LogP contribution in [0.25, 0.3) is 0 Å². The molecule has 0 spiro atoms. The monoisotopic (exact) mass is 444 g/mol. The third-order valence-corrected chi connectivity index (χ3v) is 5.39. The highest BCUT2D eigenvalue weighted by molar-refractivity contribution is 9.10. The van der Waals surface area contributed by atoms with Gasteiger partial charge in [-0.05, 0) is 25.0 Å². The topological polar surface area (TPSA) is 64.7 Å². The van der Waals surface area contributed by atoms with Gasteiger partial charge >= 0.3 is 12.1 Å². The fraction of sp³-hybridized carbons (Fsp3) is 0.556. The minimum absolute atomic E-state index is 0.0282. The average molecular weight is 445 g/mol. The largest absolute Gasteiger partial charge is 0.341 e. The van der Waals surface area contributed by atoms with Gasteiger partial charge in [-0.1, -0.05) is 22.0 Å². The molecule has 0 radical (unpaired) electrons. The van der Waals surface area contributed by atoms with Gasteiger partial charge in [0.2, 0.25) is 0 Å². The van der Waals surface area contributed by atoms with Crippen molar-refractivity contribution in [1.29, 1.82) is 0 Å². The number of nitrogens with zero attached hydrogens (tertiary/aromatic N) is 2. The Morgan fingerprint density at radius 3 is 2.67 bits per heavy atom. The predicted octanol–water partition coefficient (Wildman–Crippen LogP) is 3.01. The summed E-state index contributed by atoms with van der Waals surface area (Å²) in [7, 11) is 1.50. The summed E-state index contributed by atoms with van der Waals surface area (Å²) in [5, 5.41) is 5.24. The van der Waals surface area contributed by atoms with E-state index in [1.54, 1.807) is 17.0 Å². The van der Waals surface area contributed by atoms with E-state index in [1.807, 2.05) is 0 Å². The molecular weight excluding hydrogens is 422 g/mol. The molecule has 6 nitrogen and oxygen atoms in total. The molecule has 0 bridgehead atoms. The molecule has 1 aromatic rings. The Bertz CT molecular complexity index is 717. The maximum absolute atomic E-state index is 14.2. The standard InChI is InChI=1S/C18H23BrF2N4O2/c1-22-17(26)24-9-13(20)7-15(10-24)25(14-4-5-14)18(27)23-8-11-2-3-12(19)6-16(11)21/h2-3,6,13-15H,4-5,7-10H2,1H3,(H,22,26)(H,23,27)/t13-,15+/m0/s1. The Labute approximate surface area is 165 Å². The summed E-state index contributed by atoms with van der Waals surface area (Å²) in [6, 6.07) is 3.60. The molecule has 27 heavy (non-hydrogen) atoms. The molecular formula is C18H23BrF2N4O2. The lowest BCUT2D eigenvalue weighted by atomic mass is 10.0. The van der Waals surface area contributed by atoms with Crippen molar-refractivity contribution >= 4 is 28.0 Å². The van der Waals surface area contributed by atoms with Crippen LogP contribution in [0.5, 0.6) is 0 Å². The number of urea groups is 2. The first-order chi connectivity index (χ1) is 12.9. The Morgan fingerprint density at radius 2 is 2.04 bits per heavy atom. The van der Waals surface area contributed by atoms with Crippen molar-refractivity contribution in [2.75, 3.05) is 20.1 Å². The number of hydrogen-bond donors (Lipinski definition) is 2.